The van der Waals surface area contributed by atoms with Gasteiger partial charge in [0.2, 0.25) is 0 Å². The fourth-order valence-corrected chi connectivity index (χ4v) is 4.31. The van der Waals surface area contributed by atoms with E-state index in [1.54, 1.807) is 0 Å². The molecule has 0 radical (unpaired) electrons. The van der Waals surface area contributed by atoms with E-state index in [0.717, 1.165) is 25.9 Å². The molecule has 3 nitrogen and oxygen atoms in total. The maximum Gasteiger partial charge on any atom is 0.0487 e. The number of hydrogen-bond donors (Lipinski definition) is 2. The number of nitrogens with one attached hydrogen (secondary N) is 1. The number of rotatable bonds is 3. The van der Waals surface area contributed by atoms with Crippen molar-refractivity contribution in [2.45, 2.75) is 45.3 Å². The summed E-state index contributed by atoms with van der Waals surface area (Å²) in [5.41, 5.74) is 13.1. The first-order chi connectivity index (χ1) is 12.1. The Bertz CT molecular complexity index is 866. The van der Waals surface area contributed by atoms with Crippen molar-refractivity contribution < 1.29 is 0 Å². The molecule has 1 saturated heterocycles. The van der Waals surface area contributed by atoms with Gasteiger partial charge >= 0.3 is 0 Å². The Morgan fingerprint density at radius 2 is 1.92 bits per heavy atom. The SMILES string of the molecule is Cc1cc(C)c2[nH]ccc2c1CN1CC[C@H](N)C[C@H]1c1ccccc1. The van der Waals surface area contributed by atoms with Gasteiger partial charge in [0.25, 0.3) is 0 Å². The fraction of sp³-hybridized carbons (Fsp3) is 0.364. The molecule has 2 heterocycles. The third-order valence-corrected chi connectivity index (χ3v) is 5.67. The first-order valence-electron chi connectivity index (χ1n) is 9.24. The Hall–Kier alpha value is -2.10. The van der Waals surface area contributed by atoms with E-state index in [2.05, 4.69) is 72.4 Å². The van der Waals surface area contributed by atoms with Crippen LogP contribution in [0.15, 0.2) is 48.7 Å². The molecular weight excluding hydrogens is 306 g/mol. The molecule has 3 heteroatoms. The van der Waals surface area contributed by atoms with Gasteiger partial charge in [0.1, 0.15) is 0 Å². The Morgan fingerprint density at radius 3 is 2.72 bits per heavy atom. The molecule has 25 heavy (non-hydrogen) atoms. The van der Waals surface area contributed by atoms with Crippen LogP contribution in [0.4, 0.5) is 0 Å². The fourth-order valence-electron chi connectivity index (χ4n) is 4.31. The number of benzene rings is 2. The van der Waals surface area contributed by atoms with E-state index < -0.39 is 0 Å². The van der Waals surface area contributed by atoms with Crippen LogP contribution in [-0.2, 0) is 6.54 Å². The first kappa shape index (κ1) is 16.4. The second-order valence-electron chi connectivity index (χ2n) is 7.44. The van der Waals surface area contributed by atoms with Crippen LogP contribution in [-0.4, -0.2) is 22.5 Å². The van der Waals surface area contributed by atoms with Crippen LogP contribution in [0.3, 0.4) is 0 Å². The van der Waals surface area contributed by atoms with Gasteiger partial charge in [-0.15, -0.1) is 0 Å². The highest BCUT2D eigenvalue weighted by atomic mass is 15.2. The lowest BCUT2D eigenvalue weighted by atomic mass is 9.91. The lowest BCUT2D eigenvalue weighted by Gasteiger charge is -2.39. The van der Waals surface area contributed by atoms with Gasteiger partial charge in [-0.1, -0.05) is 36.4 Å². The maximum absolute atomic E-state index is 6.31. The van der Waals surface area contributed by atoms with Crippen molar-refractivity contribution in [2.75, 3.05) is 6.54 Å². The minimum absolute atomic E-state index is 0.299. The van der Waals surface area contributed by atoms with Gasteiger partial charge in [-0.3, -0.25) is 4.90 Å². The van der Waals surface area contributed by atoms with Crippen molar-refractivity contribution in [3.05, 3.63) is 70.9 Å². The molecule has 0 saturated carbocycles. The Labute approximate surface area is 149 Å². The molecule has 2 atom stereocenters. The quantitative estimate of drug-likeness (QED) is 0.744. The normalized spacial score (nSPS) is 21.7. The van der Waals surface area contributed by atoms with E-state index in [1.807, 2.05) is 0 Å². The van der Waals surface area contributed by atoms with Crippen molar-refractivity contribution in [2.24, 2.45) is 5.73 Å². The monoisotopic (exact) mass is 333 g/mol. The summed E-state index contributed by atoms with van der Waals surface area (Å²) in [5.74, 6) is 0. The van der Waals surface area contributed by atoms with Gasteiger partial charge in [-0.25, -0.2) is 0 Å². The molecule has 130 valence electrons. The van der Waals surface area contributed by atoms with Crippen molar-refractivity contribution in [1.29, 1.82) is 0 Å². The summed E-state index contributed by atoms with van der Waals surface area (Å²) < 4.78 is 0. The first-order valence-corrected chi connectivity index (χ1v) is 9.24. The molecule has 0 bridgehead atoms. The van der Waals surface area contributed by atoms with Crippen molar-refractivity contribution in [1.82, 2.24) is 9.88 Å². The summed E-state index contributed by atoms with van der Waals surface area (Å²) in [5, 5.41) is 1.36. The number of likely N-dealkylation sites (tertiary alicyclic amines) is 1. The summed E-state index contributed by atoms with van der Waals surface area (Å²) in [7, 11) is 0. The molecule has 3 aromatic rings. The van der Waals surface area contributed by atoms with Crippen LogP contribution in [0, 0.1) is 13.8 Å². The molecule has 4 rings (SSSR count). The molecule has 1 aliphatic rings. The molecule has 0 aliphatic carbocycles. The molecule has 1 aromatic heterocycles. The molecule has 3 N–H and O–H groups in total. The van der Waals surface area contributed by atoms with E-state index in [-0.39, 0.29) is 0 Å². The number of nitrogens with zero attached hydrogens (tertiary/aromatic N) is 1. The highest BCUT2D eigenvalue weighted by Gasteiger charge is 2.28. The standard InChI is InChI=1S/C22H27N3/c1-15-12-16(2)22-19(8-10-24-22)20(15)14-25-11-9-18(23)13-21(25)17-6-4-3-5-7-17/h3-8,10,12,18,21,24H,9,11,13-14,23H2,1-2H3/t18-,21-/m0/s1. The number of fused-ring (bicyclic) bond motifs is 1. The number of hydrogen-bond acceptors (Lipinski definition) is 2. The number of nitrogens with two attached hydrogens (primary N) is 1. The highest BCUT2D eigenvalue weighted by Crippen LogP contribution is 2.34. The molecule has 1 aliphatic heterocycles. The summed E-state index contributed by atoms with van der Waals surface area (Å²) in [4.78, 5) is 6.02. The van der Waals surface area contributed by atoms with Crippen molar-refractivity contribution in [3.8, 4) is 0 Å². The molecule has 0 amide bonds. The highest BCUT2D eigenvalue weighted by molar-refractivity contribution is 5.86. The Morgan fingerprint density at radius 1 is 1.12 bits per heavy atom. The van der Waals surface area contributed by atoms with Gasteiger partial charge in [0.05, 0.1) is 0 Å². The summed E-state index contributed by atoms with van der Waals surface area (Å²) in [6.45, 7) is 6.46. The Kier molecular flexibility index (Phi) is 4.36. The zero-order valence-corrected chi connectivity index (χ0v) is 15.1. The van der Waals surface area contributed by atoms with Crippen LogP contribution in [0.2, 0.25) is 0 Å². The zero-order valence-electron chi connectivity index (χ0n) is 15.1. The zero-order chi connectivity index (χ0) is 17.4. The number of H-pyrrole nitrogens is 1. The topological polar surface area (TPSA) is 45.0 Å². The second kappa shape index (κ2) is 6.66. The summed E-state index contributed by atoms with van der Waals surface area (Å²) in [6, 6.07) is 16.1. The smallest absolute Gasteiger partial charge is 0.0487 e. The van der Waals surface area contributed by atoms with Crippen LogP contribution >= 0.6 is 0 Å². The number of piperidine rings is 1. The van der Waals surface area contributed by atoms with Gasteiger partial charge in [0, 0.05) is 42.3 Å². The number of aromatic amines is 1. The van der Waals surface area contributed by atoms with Crippen molar-refractivity contribution >= 4 is 10.9 Å². The molecule has 2 aromatic carbocycles. The molecule has 0 spiro atoms. The maximum atomic E-state index is 6.31. The van der Waals surface area contributed by atoms with E-state index >= 15 is 0 Å². The minimum Gasteiger partial charge on any atom is -0.361 e. The van der Waals surface area contributed by atoms with Crippen LogP contribution in [0.1, 0.15) is 41.1 Å². The van der Waals surface area contributed by atoms with E-state index in [9.17, 15) is 0 Å². The van der Waals surface area contributed by atoms with Gasteiger partial charge in [-0.05, 0) is 55.0 Å². The second-order valence-corrected chi connectivity index (χ2v) is 7.44. The van der Waals surface area contributed by atoms with E-state index in [4.69, 9.17) is 5.73 Å². The summed E-state index contributed by atoms with van der Waals surface area (Å²) >= 11 is 0. The minimum atomic E-state index is 0.299. The predicted molar refractivity (Wildman–Crippen MR) is 105 cm³/mol. The predicted octanol–water partition coefficient (Wildman–Crippen LogP) is 4.45. The number of aromatic nitrogens is 1. The average Bonchev–Trinajstić information content (AvgIpc) is 3.10. The van der Waals surface area contributed by atoms with Gasteiger partial charge in [-0.2, -0.15) is 0 Å². The van der Waals surface area contributed by atoms with E-state index in [1.165, 1.54) is 33.2 Å². The lowest BCUT2D eigenvalue weighted by molar-refractivity contribution is 0.128. The van der Waals surface area contributed by atoms with Crippen molar-refractivity contribution in [3.63, 3.8) is 0 Å². The average molecular weight is 333 g/mol. The molecular formula is C22H27N3. The summed E-state index contributed by atoms with van der Waals surface area (Å²) in [6.07, 6.45) is 4.16. The molecule has 1 fully saturated rings. The van der Waals surface area contributed by atoms with E-state index in [0.29, 0.717) is 12.1 Å². The Balaban J connectivity index is 1.70. The number of aryl methyl sites for hydroxylation is 2. The van der Waals surface area contributed by atoms with Crippen LogP contribution < -0.4 is 5.73 Å². The molecule has 0 unspecified atom stereocenters. The third kappa shape index (κ3) is 3.10. The van der Waals surface area contributed by atoms with Crippen LogP contribution in [0.25, 0.3) is 10.9 Å². The largest absolute Gasteiger partial charge is 0.361 e. The van der Waals surface area contributed by atoms with Crippen LogP contribution in [0.5, 0.6) is 0 Å². The van der Waals surface area contributed by atoms with Gasteiger partial charge < -0.3 is 10.7 Å². The van der Waals surface area contributed by atoms with Gasteiger partial charge in [0.15, 0.2) is 0 Å². The lowest BCUT2D eigenvalue weighted by Crippen LogP contribution is -2.41. The third-order valence-electron chi connectivity index (χ3n) is 5.67.